The molecule has 0 radical (unpaired) electrons. The van der Waals surface area contributed by atoms with E-state index < -0.39 is 5.97 Å². The Balaban J connectivity index is 1.74. The molecule has 0 fully saturated rings. The molecule has 27 heavy (non-hydrogen) atoms. The summed E-state index contributed by atoms with van der Waals surface area (Å²) in [5, 5.41) is 2.55. The van der Waals surface area contributed by atoms with E-state index in [1.165, 1.54) is 0 Å². The second-order valence-electron chi connectivity index (χ2n) is 5.92. The third kappa shape index (κ3) is 7.01. The molecule has 0 aromatic heterocycles. The molecule has 0 saturated heterocycles. The molecule has 1 amide bonds. The summed E-state index contributed by atoms with van der Waals surface area (Å²) in [5.41, 5.74) is 1.27. The summed E-state index contributed by atoms with van der Waals surface area (Å²) >= 11 is 0. The lowest BCUT2D eigenvalue weighted by atomic mass is 10.2. The number of benzene rings is 2. The fourth-order valence-corrected chi connectivity index (χ4v) is 2.27. The van der Waals surface area contributed by atoms with Crippen molar-refractivity contribution >= 4 is 11.9 Å². The highest BCUT2D eigenvalue weighted by atomic mass is 16.5. The van der Waals surface area contributed by atoms with E-state index in [1.807, 2.05) is 18.2 Å². The van der Waals surface area contributed by atoms with E-state index in [1.54, 1.807) is 37.4 Å². The van der Waals surface area contributed by atoms with Crippen LogP contribution in [0.5, 0.6) is 11.5 Å². The predicted octanol–water partition coefficient (Wildman–Crippen LogP) is 3.35. The van der Waals surface area contributed by atoms with Crippen LogP contribution in [0.2, 0.25) is 0 Å². The fourth-order valence-electron chi connectivity index (χ4n) is 2.27. The van der Waals surface area contributed by atoms with Gasteiger partial charge in [0.15, 0.2) is 0 Å². The molecule has 0 saturated carbocycles. The standard InChI is InChI=1S/C21H25NO5/c1-3-4-12-26-18-10-8-17(9-11-18)21(24)22-14-20(23)27-15-16-6-5-7-19(13-16)25-2/h5-11,13H,3-4,12,14-15H2,1-2H3,(H,22,24). The van der Waals surface area contributed by atoms with Crippen LogP contribution in [0.25, 0.3) is 0 Å². The van der Waals surface area contributed by atoms with Crippen molar-refractivity contribution in [2.45, 2.75) is 26.4 Å². The SMILES string of the molecule is CCCCOc1ccc(C(=O)NCC(=O)OCc2cccc(OC)c2)cc1. The molecule has 0 unspecified atom stereocenters. The van der Waals surface area contributed by atoms with Crippen LogP contribution >= 0.6 is 0 Å². The number of rotatable bonds is 10. The van der Waals surface area contributed by atoms with Gasteiger partial charge in [0.25, 0.3) is 5.91 Å². The van der Waals surface area contributed by atoms with Gasteiger partial charge in [-0.25, -0.2) is 0 Å². The van der Waals surface area contributed by atoms with Crippen molar-refractivity contribution in [3.05, 3.63) is 59.7 Å². The van der Waals surface area contributed by atoms with E-state index in [9.17, 15) is 9.59 Å². The van der Waals surface area contributed by atoms with Gasteiger partial charge in [0, 0.05) is 5.56 Å². The highest BCUT2D eigenvalue weighted by Gasteiger charge is 2.09. The number of carbonyl (C=O) groups excluding carboxylic acids is 2. The van der Waals surface area contributed by atoms with Crippen molar-refractivity contribution in [1.82, 2.24) is 5.32 Å². The molecule has 2 aromatic carbocycles. The smallest absolute Gasteiger partial charge is 0.325 e. The summed E-state index contributed by atoms with van der Waals surface area (Å²) in [4.78, 5) is 23.9. The Hall–Kier alpha value is -3.02. The molecule has 0 aliphatic rings. The molecule has 0 atom stereocenters. The molecule has 0 spiro atoms. The van der Waals surface area contributed by atoms with Gasteiger partial charge in [-0.05, 0) is 48.4 Å². The van der Waals surface area contributed by atoms with E-state index in [0.717, 1.165) is 24.2 Å². The van der Waals surface area contributed by atoms with Gasteiger partial charge < -0.3 is 19.5 Å². The van der Waals surface area contributed by atoms with Crippen molar-refractivity contribution in [2.75, 3.05) is 20.3 Å². The van der Waals surface area contributed by atoms with Crippen LogP contribution in [0, 0.1) is 0 Å². The topological polar surface area (TPSA) is 73.9 Å². The molecular formula is C21H25NO5. The van der Waals surface area contributed by atoms with E-state index in [-0.39, 0.29) is 19.1 Å². The van der Waals surface area contributed by atoms with Crippen molar-refractivity contribution in [3.63, 3.8) is 0 Å². The molecule has 1 N–H and O–H groups in total. The minimum atomic E-state index is -0.509. The van der Waals surface area contributed by atoms with Gasteiger partial charge in [-0.3, -0.25) is 9.59 Å². The van der Waals surface area contributed by atoms with Gasteiger partial charge in [-0.1, -0.05) is 25.5 Å². The molecular weight excluding hydrogens is 346 g/mol. The Kier molecular flexibility index (Phi) is 8.16. The third-order valence-corrected chi connectivity index (χ3v) is 3.81. The summed E-state index contributed by atoms with van der Waals surface area (Å²) in [6.45, 7) is 2.67. The number of ether oxygens (including phenoxy) is 3. The van der Waals surface area contributed by atoms with E-state index >= 15 is 0 Å². The summed E-state index contributed by atoms with van der Waals surface area (Å²) in [7, 11) is 1.57. The van der Waals surface area contributed by atoms with Gasteiger partial charge in [0.1, 0.15) is 24.7 Å². The molecule has 6 heteroatoms. The Morgan fingerprint density at radius 3 is 2.52 bits per heavy atom. The first-order valence-corrected chi connectivity index (χ1v) is 8.92. The van der Waals surface area contributed by atoms with Gasteiger partial charge in [0.05, 0.1) is 13.7 Å². The molecule has 0 aliphatic heterocycles. The average molecular weight is 371 g/mol. The maximum Gasteiger partial charge on any atom is 0.325 e. The van der Waals surface area contributed by atoms with Crippen LogP contribution in [-0.2, 0) is 16.1 Å². The molecule has 0 bridgehead atoms. The molecule has 2 aromatic rings. The third-order valence-electron chi connectivity index (χ3n) is 3.81. The normalized spacial score (nSPS) is 10.1. The Morgan fingerprint density at radius 2 is 1.81 bits per heavy atom. The maximum atomic E-state index is 12.1. The molecule has 0 aliphatic carbocycles. The van der Waals surface area contributed by atoms with Crippen LogP contribution in [-0.4, -0.2) is 32.1 Å². The van der Waals surface area contributed by atoms with Crippen LogP contribution in [0.3, 0.4) is 0 Å². The highest BCUT2D eigenvalue weighted by Crippen LogP contribution is 2.14. The zero-order valence-electron chi connectivity index (χ0n) is 15.7. The van der Waals surface area contributed by atoms with Crippen molar-refractivity contribution in [2.24, 2.45) is 0 Å². The summed E-state index contributed by atoms with van der Waals surface area (Å²) in [6.07, 6.45) is 2.05. The maximum absolute atomic E-state index is 12.1. The lowest BCUT2D eigenvalue weighted by molar-refractivity contribution is -0.143. The minimum absolute atomic E-state index is 0.121. The second-order valence-corrected chi connectivity index (χ2v) is 5.92. The van der Waals surface area contributed by atoms with E-state index in [2.05, 4.69) is 12.2 Å². The van der Waals surface area contributed by atoms with Crippen LogP contribution in [0.15, 0.2) is 48.5 Å². The molecule has 0 heterocycles. The Morgan fingerprint density at radius 1 is 1.04 bits per heavy atom. The van der Waals surface area contributed by atoms with Crippen molar-refractivity contribution < 1.29 is 23.8 Å². The number of hydrogen-bond donors (Lipinski definition) is 1. The first kappa shape index (κ1) is 20.3. The van der Waals surface area contributed by atoms with E-state index in [0.29, 0.717) is 17.9 Å². The highest BCUT2D eigenvalue weighted by molar-refractivity contribution is 5.96. The number of amides is 1. The first-order valence-electron chi connectivity index (χ1n) is 8.92. The average Bonchev–Trinajstić information content (AvgIpc) is 2.71. The van der Waals surface area contributed by atoms with Crippen LogP contribution in [0.1, 0.15) is 35.7 Å². The molecule has 144 valence electrons. The number of carbonyl (C=O) groups is 2. The number of hydrogen-bond acceptors (Lipinski definition) is 5. The molecule has 6 nitrogen and oxygen atoms in total. The summed E-state index contributed by atoms with van der Waals surface area (Å²) < 4.78 is 15.8. The number of unbranched alkanes of at least 4 members (excludes halogenated alkanes) is 1. The number of esters is 1. The fraction of sp³-hybridized carbons (Fsp3) is 0.333. The monoisotopic (exact) mass is 371 g/mol. The summed E-state index contributed by atoms with van der Waals surface area (Å²) in [6, 6.07) is 14.1. The Bertz CT molecular complexity index is 742. The van der Waals surface area contributed by atoms with Crippen LogP contribution in [0.4, 0.5) is 0 Å². The number of nitrogens with one attached hydrogen (secondary N) is 1. The van der Waals surface area contributed by atoms with Crippen molar-refractivity contribution in [3.8, 4) is 11.5 Å². The van der Waals surface area contributed by atoms with Gasteiger partial charge in [-0.2, -0.15) is 0 Å². The van der Waals surface area contributed by atoms with Gasteiger partial charge in [0.2, 0.25) is 0 Å². The zero-order valence-corrected chi connectivity index (χ0v) is 15.7. The van der Waals surface area contributed by atoms with Crippen molar-refractivity contribution in [1.29, 1.82) is 0 Å². The lowest BCUT2D eigenvalue weighted by Gasteiger charge is -2.09. The van der Waals surface area contributed by atoms with Gasteiger partial charge >= 0.3 is 5.97 Å². The second kappa shape index (κ2) is 10.9. The lowest BCUT2D eigenvalue weighted by Crippen LogP contribution is -2.30. The predicted molar refractivity (Wildman–Crippen MR) is 102 cm³/mol. The molecule has 2 rings (SSSR count). The van der Waals surface area contributed by atoms with E-state index in [4.69, 9.17) is 14.2 Å². The summed E-state index contributed by atoms with van der Waals surface area (Å²) in [5.74, 6) is 0.566. The van der Waals surface area contributed by atoms with Gasteiger partial charge in [-0.15, -0.1) is 0 Å². The first-order chi connectivity index (χ1) is 13.1. The minimum Gasteiger partial charge on any atom is -0.497 e. The zero-order chi connectivity index (χ0) is 19.5. The number of methoxy groups -OCH3 is 1. The Labute approximate surface area is 159 Å². The quantitative estimate of drug-likeness (QED) is 0.512. The van der Waals surface area contributed by atoms with Crippen LogP contribution < -0.4 is 14.8 Å². The largest absolute Gasteiger partial charge is 0.497 e.